The number of hydrogen-bond acceptors (Lipinski definition) is 4. The largest absolute Gasteiger partial charge is 0.322 e. The van der Waals surface area contributed by atoms with Crippen molar-refractivity contribution < 1.29 is 8.42 Å². The van der Waals surface area contributed by atoms with Gasteiger partial charge in [-0.1, -0.05) is 18.2 Å². The van der Waals surface area contributed by atoms with Crippen molar-refractivity contribution in [1.82, 2.24) is 10.3 Å². The van der Waals surface area contributed by atoms with Crippen LogP contribution in [0.5, 0.6) is 0 Å². The van der Waals surface area contributed by atoms with Crippen LogP contribution in [0, 0.1) is 5.41 Å². The maximum atomic E-state index is 12.0. The van der Waals surface area contributed by atoms with Crippen molar-refractivity contribution in [2.75, 3.05) is 18.6 Å². The normalized spacial score (nSPS) is 16.8. The van der Waals surface area contributed by atoms with Crippen molar-refractivity contribution in [3.8, 4) is 0 Å². The SMILES string of the molecule is CS(=O)(=O)CC1(CNCc2cc3ccccc3[nH]c2=O)CC1. The molecule has 1 aromatic carbocycles. The lowest BCUT2D eigenvalue weighted by molar-refractivity contribution is 0.491. The van der Waals surface area contributed by atoms with E-state index in [-0.39, 0.29) is 16.7 Å². The van der Waals surface area contributed by atoms with Crippen LogP contribution in [0.25, 0.3) is 10.9 Å². The Kier molecular flexibility index (Phi) is 3.82. The summed E-state index contributed by atoms with van der Waals surface area (Å²) in [6, 6.07) is 9.54. The Hall–Kier alpha value is -1.66. The standard InChI is InChI=1S/C16H20N2O3S/c1-22(20,21)11-16(6-7-16)10-17-9-13-8-12-4-2-3-5-14(12)18-15(13)19/h2-5,8,17H,6-7,9-11H2,1H3,(H,18,19). The third-order valence-electron chi connectivity index (χ3n) is 4.17. The summed E-state index contributed by atoms with van der Waals surface area (Å²) in [7, 11) is -2.96. The van der Waals surface area contributed by atoms with E-state index >= 15 is 0 Å². The zero-order chi connectivity index (χ0) is 15.8. The molecule has 3 rings (SSSR count). The van der Waals surface area contributed by atoms with Crippen LogP contribution in [-0.2, 0) is 16.4 Å². The molecule has 1 saturated carbocycles. The molecule has 1 fully saturated rings. The van der Waals surface area contributed by atoms with Gasteiger partial charge in [0.1, 0.15) is 9.84 Å². The van der Waals surface area contributed by atoms with Crippen molar-refractivity contribution in [3.05, 3.63) is 46.2 Å². The minimum atomic E-state index is -2.96. The van der Waals surface area contributed by atoms with Crippen LogP contribution in [0.1, 0.15) is 18.4 Å². The Bertz CT molecular complexity index is 851. The first-order valence-electron chi connectivity index (χ1n) is 7.36. The molecule has 0 aliphatic heterocycles. The number of H-pyrrole nitrogens is 1. The predicted molar refractivity (Wildman–Crippen MR) is 87.7 cm³/mol. The summed E-state index contributed by atoms with van der Waals surface area (Å²) in [6.07, 6.45) is 3.14. The van der Waals surface area contributed by atoms with E-state index in [0.29, 0.717) is 18.7 Å². The Labute approximate surface area is 129 Å². The van der Waals surface area contributed by atoms with E-state index in [0.717, 1.165) is 23.7 Å². The van der Waals surface area contributed by atoms with Gasteiger partial charge in [-0.3, -0.25) is 4.79 Å². The van der Waals surface area contributed by atoms with Crippen molar-refractivity contribution in [3.63, 3.8) is 0 Å². The van der Waals surface area contributed by atoms with Crippen LogP contribution < -0.4 is 10.9 Å². The second-order valence-electron chi connectivity index (χ2n) is 6.38. The number of aromatic amines is 1. The van der Waals surface area contributed by atoms with Crippen LogP contribution in [0.2, 0.25) is 0 Å². The van der Waals surface area contributed by atoms with Gasteiger partial charge in [-0.05, 0) is 35.8 Å². The number of nitrogens with one attached hydrogen (secondary N) is 2. The smallest absolute Gasteiger partial charge is 0.252 e. The van der Waals surface area contributed by atoms with Gasteiger partial charge in [0, 0.05) is 30.4 Å². The van der Waals surface area contributed by atoms with E-state index in [1.54, 1.807) is 0 Å². The van der Waals surface area contributed by atoms with Gasteiger partial charge in [0.15, 0.2) is 0 Å². The fourth-order valence-corrected chi connectivity index (χ4v) is 4.39. The molecule has 0 atom stereocenters. The maximum Gasteiger partial charge on any atom is 0.252 e. The van der Waals surface area contributed by atoms with E-state index < -0.39 is 9.84 Å². The maximum absolute atomic E-state index is 12.0. The molecular weight excluding hydrogens is 300 g/mol. The summed E-state index contributed by atoms with van der Waals surface area (Å²) < 4.78 is 22.9. The van der Waals surface area contributed by atoms with Crippen LogP contribution in [0.15, 0.2) is 35.1 Å². The highest BCUT2D eigenvalue weighted by Gasteiger charge is 2.44. The lowest BCUT2D eigenvalue weighted by Gasteiger charge is -2.14. The summed E-state index contributed by atoms with van der Waals surface area (Å²) in [6.45, 7) is 1.08. The molecule has 0 saturated heterocycles. The average molecular weight is 320 g/mol. The summed E-state index contributed by atoms with van der Waals surface area (Å²) in [5.74, 6) is 0.223. The van der Waals surface area contributed by atoms with Gasteiger partial charge in [-0.25, -0.2) is 8.42 Å². The minimum Gasteiger partial charge on any atom is -0.322 e. The highest BCUT2D eigenvalue weighted by Crippen LogP contribution is 2.46. The Morgan fingerprint density at radius 3 is 2.68 bits per heavy atom. The molecule has 5 nitrogen and oxygen atoms in total. The van der Waals surface area contributed by atoms with Gasteiger partial charge >= 0.3 is 0 Å². The van der Waals surface area contributed by atoms with Gasteiger partial charge < -0.3 is 10.3 Å². The molecule has 0 unspecified atom stereocenters. The quantitative estimate of drug-likeness (QED) is 0.844. The molecule has 118 valence electrons. The number of benzene rings is 1. The topological polar surface area (TPSA) is 79.0 Å². The van der Waals surface area contributed by atoms with E-state index in [9.17, 15) is 13.2 Å². The molecular formula is C16H20N2O3S. The molecule has 1 aliphatic carbocycles. The number of pyridine rings is 1. The van der Waals surface area contributed by atoms with Crippen LogP contribution >= 0.6 is 0 Å². The van der Waals surface area contributed by atoms with Crippen LogP contribution in [-0.4, -0.2) is 32.0 Å². The molecule has 1 heterocycles. The first kappa shape index (κ1) is 15.2. The molecule has 2 aromatic rings. The third-order valence-corrected chi connectivity index (χ3v) is 5.31. The van der Waals surface area contributed by atoms with Crippen molar-refractivity contribution in [2.24, 2.45) is 5.41 Å². The molecule has 0 amide bonds. The first-order valence-corrected chi connectivity index (χ1v) is 9.42. The number of hydrogen-bond donors (Lipinski definition) is 2. The lowest BCUT2D eigenvalue weighted by Crippen LogP contribution is -2.30. The second-order valence-corrected chi connectivity index (χ2v) is 8.52. The van der Waals surface area contributed by atoms with Crippen molar-refractivity contribution >= 4 is 20.7 Å². The van der Waals surface area contributed by atoms with Gasteiger partial charge in [0.2, 0.25) is 0 Å². The predicted octanol–water partition coefficient (Wildman–Crippen LogP) is 1.44. The molecule has 0 bridgehead atoms. The van der Waals surface area contributed by atoms with E-state index in [1.165, 1.54) is 6.26 Å². The third kappa shape index (κ3) is 3.56. The van der Waals surface area contributed by atoms with Crippen LogP contribution in [0.3, 0.4) is 0 Å². The number of aromatic nitrogens is 1. The van der Waals surface area contributed by atoms with E-state index in [2.05, 4.69) is 10.3 Å². The number of fused-ring (bicyclic) bond motifs is 1. The van der Waals surface area contributed by atoms with Gasteiger partial charge in [0.05, 0.1) is 5.75 Å². The number of rotatable bonds is 6. The molecule has 1 aliphatic rings. The molecule has 6 heteroatoms. The second kappa shape index (κ2) is 5.52. The Morgan fingerprint density at radius 2 is 2.00 bits per heavy atom. The zero-order valence-corrected chi connectivity index (χ0v) is 13.4. The molecule has 0 spiro atoms. The zero-order valence-electron chi connectivity index (χ0n) is 12.6. The summed E-state index contributed by atoms with van der Waals surface area (Å²) >= 11 is 0. The summed E-state index contributed by atoms with van der Waals surface area (Å²) in [5, 5.41) is 4.24. The highest BCUT2D eigenvalue weighted by molar-refractivity contribution is 7.90. The average Bonchev–Trinajstić information content (AvgIpc) is 3.17. The Balaban J connectivity index is 1.67. The minimum absolute atomic E-state index is 0.0980. The summed E-state index contributed by atoms with van der Waals surface area (Å²) in [5.41, 5.74) is 1.27. The van der Waals surface area contributed by atoms with Crippen molar-refractivity contribution in [2.45, 2.75) is 19.4 Å². The van der Waals surface area contributed by atoms with Gasteiger partial charge in [-0.15, -0.1) is 0 Å². The number of sulfone groups is 1. The lowest BCUT2D eigenvalue weighted by atomic mass is 10.1. The molecule has 2 N–H and O–H groups in total. The fourth-order valence-electron chi connectivity index (χ4n) is 2.89. The first-order chi connectivity index (χ1) is 10.4. The highest BCUT2D eigenvalue weighted by atomic mass is 32.2. The van der Waals surface area contributed by atoms with Gasteiger partial charge in [0.25, 0.3) is 5.56 Å². The monoisotopic (exact) mass is 320 g/mol. The van der Waals surface area contributed by atoms with E-state index in [1.807, 2.05) is 30.3 Å². The number of para-hydroxylation sites is 1. The van der Waals surface area contributed by atoms with E-state index in [4.69, 9.17) is 0 Å². The molecule has 22 heavy (non-hydrogen) atoms. The molecule has 0 radical (unpaired) electrons. The van der Waals surface area contributed by atoms with Gasteiger partial charge in [-0.2, -0.15) is 0 Å². The Morgan fingerprint density at radius 1 is 1.27 bits per heavy atom. The summed E-state index contributed by atoms with van der Waals surface area (Å²) in [4.78, 5) is 14.9. The fraction of sp³-hybridized carbons (Fsp3) is 0.438. The molecule has 1 aromatic heterocycles. The van der Waals surface area contributed by atoms with Crippen molar-refractivity contribution in [1.29, 1.82) is 0 Å². The van der Waals surface area contributed by atoms with Crippen LogP contribution in [0.4, 0.5) is 0 Å².